The monoisotopic (exact) mass is 306 g/mol. The first-order chi connectivity index (χ1) is 10.4. The molecule has 0 aromatic heterocycles. The van der Waals surface area contributed by atoms with Gasteiger partial charge in [-0.2, -0.15) is 0 Å². The quantitative estimate of drug-likeness (QED) is 0.629. The van der Waals surface area contributed by atoms with Crippen molar-refractivity contribution >= 4 is 19.6 Å². The molecular weight excluding hydrogens is 296 g/mol. The summed E-state index contributed by atoms with van der Waals surface area (Å²) in [6.07, 6.45) is -4.10. The van der Waals surface area contributed by atoms with Gasteiger partial charge in [-0.15, -0.1) is 13.2 Å². The second kappa shape index (κ2) is 6.55. The van der Waals surface area contributed by atoms with E-state index < -0.39 is 6.36 Å². The molecule has 0 amide bonds. The van der Waals surface area contributed by atoms with Gasteiger partial charge in [0.05, 0.1) is 5.56 Å². The summed E-state index contributed by atoms with van der Waals surface area (Å²) in [7, 11) is 5.56. The first kappa shape index (κ1) is 15.9. The second-order valence-corrected chi connectivity index (χ2v) is 4.40. The van der Waals surface area contributed by atoms with E-state index >= 15 is 0 Å². The lowest BCUT2D eigenvalue weighted by atomic mass is 9.94. The zero-order valence-corrected chi connectivity index (χ0v) is 11.3. The largest absolute Gasteiger partial charge is 0.573 e. The van der Waals surface area contributed by atoms with Gasteiger partial charge in [-0.3, -0.25) is 4.79 Å². The van der Waals surface area contributed by atoms with Crippen molar-refractivity contribution in [3.63, 3.8) is 0 Å². The van der Waals surface area contributed by atoms with Crippen molar-refractivity contribution < 1.29 is 27.4 Å². The summed E-state index contributed by atoms with van der Waals surface area (Å²) in [5.41, 5.74) is 1.36. The third-order valence-electron chi connectivity index (χ3n) is 2.71. The maximum atomic E-state index is 12.0. The van der Waals surface area contributed by atoms with Gasteiger partial charge in [-0.05, 0) is 23.8 Å². The van der Waals surface area contributed by atoms with E-state index in [1.165, 1.54) is 30.3 Å². The maximum absolute atomic E-state index is 12.0. The first-order valence-electron chi connectivity index (χ1n) is 6.19. The summed E-state index contributed by atoms with van der Waals surface area (Å²) in [5.74, 6) is 0.0390. The smallest absolute Gasteiger partial charge is 0.488 e. The Labute approximate surface area is 126 Å². The highest BCUT2D eigenvalue weighted by atomic mass is 19.4. The van der Waals surface area contributed by atoms with Crippen LogP contribution in [0.25, 0.3) is 0 Å². The highest BCUT2D eigenvalue weighted by molar-refractivity contribution is 6.32. The molecule has 0 heterocycles. The molecule has 3 nitrogen and oxygen atoms in total. The van der Waals surface area contributed by atoms with Crippen molar-refractivity contribution in [2.75, 3.05) is 0 Å². The molecule has 2 aromatic carbocycles. The second-order valence-electron chi connectivity index (χ2n) is 4.40. The minimum atomic E-state index is -4.72. The molecule has 0 spiro atoms. The molecule has 0 N–H and O–H groups in total. The fraction of sp³-hybridized carbons (Fsp3) is 0.133. The number of ether oxygens (including phenoxy) is 2. The van der Waals surface area contributed by atoms with E-state index in [0.717, 1.165) is 0 Å². The number of hydrogen-bond donors (Lipinski definition) is 0. The van der Waals surface area contributed by atoms with Gasteiger partial charge in [-0.1, -0.05) is 29.7 Å². The number of carbonyl (C=O) groups excluding carboxylic acids is 1. The van der Waals surface area contributed by atoms with Crippen LogP contribution >= 0.6 is 0 Å². The molecule has 0 aliphatic heterocycles. The van der Waals surface area contributed by atoms with Crippen LogP contribution in [0, 0.1) is 0 Å². The molecule has 0 aliphatic carbocycles. The summed E-state index contributed by atoms with van der Waals surface area (Å²) in [5, 5.41) is 0. The highest BCUT2D eigenvalue weighted by Gasteiger charge is 2.30. The van der Waals surface area contributed by atoms with E-state index in [-0.39, 0.29) is 12.4 Å². The normalized spacial score (nSPS) is 11.0. The maximum Gasteiger partial charge on any atom is 0.573 e. The summed E-state index contributed by atoms with van der Waals surface area (Å²) >= 11 is 0. The lowest BCUT2D eigenvalue weighted by Crippen LogP contribution is -2.17. The Morgan fingerprint density at radius 2 is 1.77 bits per heavy atom. The zero-order chi connectivity index (χ0) is 16.2. The molecule has 0 aliphatic rings. The topological polar surface area (TPSA) is 35.5 Å². The average Bonchev–Trinajstić information content (AvgIpc) is 2.45. The molecule has 112 valence electrons. The number of hydrogen-bond acceptors (Lipinski definition) is 3. The van der Waals surface area contributed by atoms with Gasteiger partial charge in [0.1, 0.15) is 26.0 Å². The number of carbonyl (C=O) groups is 1. The Kier molecular flexibility index (Phi) is 4.75. The van der Waals surface area contributed by atoms with Crippen LogP contribution in [0.5, 0.6) is 11.5 Å². The number of benzene rings is 2. The Morgan fingerprint density at radius 3 is 2.36 bits per heavy atom. The van der Waals surface area contributed by atoms with Crippen LogP contribution in [0.4, 0.5) is 13.2 Å². The van der Waals surface area contributed by atoms with Crippen LogP contribution in [0.1, 0.15) is 15.9 Å². The van der Waals surface area contributed by atoms with Gasteiger partial charge in [0.2, 0.25) is 0 Å². The number of rotatable bonds is 5. The molecule has 2 radical (unpaired) electrons. The van der Waals surface area contributed by atoms with E-state index in [4.69, 9.17) is 12.6 Å². The molecule has 0 atom stereocenters. The van der Waals surface area contributed by atoms with Gasteiger partial charge in [0.25, 0.3) is 0 Å². The number of halogens is 3. The van der Waals surface area contributed by atoms with Gasteiger partial charge < -0.3 is 9.47 Å². The molecule has 0 saturated heterocycles. The van der Waals surface area contributed by atoms with Gasteiger partial charge in [-0.25, -0.2) is 0 Å². The lowest BCUT2D eigenvalue weighted by Gasteiger charge is -2.11. The summed E-state index contributed by atoms with van der Waals surface area (Å²) in [4.78, 5) is 10.9. The molecular formula is C15H10BF3O3. The predicted molar refractivity (Wildman–Crippen MR) is 74.7 cm³/mol. The van der Waals surface area contributed by atoms with Crippen molar-refractivity contribution in [2.24, 2.45) is 0 Å². The molecule has 2 rings (SSSR count). The van der Waals surface area contributed by atoms with Crippen LogP contribution in [0.15, 0.2) is 42.5 Å². The van der Waals surface area contributed by atoms with Crippen LogP contribution in [-0.2, 0) is 6.61 Å². The van der Waals surface area contributed by atoms with E-state index in [1.54, 1.807) is 12.1 Å². The van der Waals surface area contributed by atoms with Crippen molar-refractivity contribution in [1.82, 2.24) is 0 Å². The molecule has 0 bridgehead atoms. The van der Waals surface area contributed by atoms with Crippen molar-refractivity contribution in [2.45, 2.75) is 13.0 Å². The van der Waals surface area contributed by atoms with Gasteiger partial charge in [0, 0.05) is 0 Å². The molecule has 0 unspecified atom stereocenters. The van der Waals surface area contributed by atoms with Crippen LogP contribution in [0.3, 0.4) is 0 Å². The summed E-state index contributed by atoms with van der Waals surface area (Å²) in [6.45, 7) is 0.0943. The van der Waals surface area contributed by atoms with Crippen molar-refractivity contribution in [1.29, 1.82) is 0 Å². The van der Waals surface area contributed by atoms with Crippen molar-refractivity contribution in [3.8, 4) is 11.5 Å². The Balaban J connectivity index is 2.02. The molecule has 22 heavy (non-hydrogen) atoms. The Morgan fingerprint density at radius 1 is 1.09 bits per heavy atom. The first-order valence-corrected chi connectivity index (χ1v) is 6.19. The van der Waals surface area contributed by atoms with Crippen LogP contribution < -0.4 is 14.9 Å². The minimum Gasteiger partial charge on any atom is -0.488 e. The summed E-state index contributed by atoms with van der Waals surface area (Å²) in [6, 6.07) is 9.88. The average molecular weight is 306 g/mol. The van der Waals surface area contributed by atoms with E-state index in [2.05, 4.69) is 4.74 Å². The SMILES string of the molecule is [B]c1ccc(OCc2ccc(OC(F)(F)F)cc2)c(C=O)c1. The standard InChI is InChI=1S/C15H10BF3O3/c16-12-3-6-14(11(7-12)8-20)21-9-10-1-4-13(5-2-10)22-15(17,18)19/h1-8H,9H2. The minimum absolute atomic E-state index is 0.0943. The lowest BCUT2D eigenvalue weighted by molar-refractivity contribution is -0.274. The molecule has 0 saturated carbocycles. The summed E-state index contributed by atoms with van der Waals surface area (Å²) < 4.78 is 45.3. The molecule has 2 aromatic rings. The number of aldehydes is 1. The van der Waals surface area contributed by atoms with E-state index in [1.807, 2.05) is 0 Å². The molecule has 0 fully saturated rings. The van der Waals surface area contributed by atoms with E-state index in [9.17, 15) is 18.0 Å². The van der Waals surface area contributed by atoms with Gasteiger partial charge >= 0.3 is 6.36 Å². The Bertz CT molecular complexity index is 654. The third-order valence-corrected chi connectivity index (χ3v) is 2.71. The van der Waals surface area contributed by atoms with Gasteiger partial charge in [0.15, 0.2) is 6.29 Å². The Hall–Kier alpha value is -2.44. The number of alkyl halides is 3. The van der Waals surface area contributed by atoms with Crippen LogP contribution in [-0.4, -0.2) is 20.5 Å². The third kappa shape index (κ3) is 4.54. The van der Waals surface area contributed by atoms with Crippen LogP contribution in [0.2, 0.25) is 0 Å². The predicted octanol–water partition coefficient (Wildman–Crippen LogP) is 2.77. The fourth-order valence-corrected chi connectivity index (χ4v) is 1.74. The van der Waals surface area contributed by atoms with Crippen molar-refractivity contribution in [3.05, 3.63) is 53.6 Å². The zero-order valence-electron chi connectivity index (χ0n) is 11.3. The fourth-order valence-electron chi connectivity index (χ4n) is 1.74. The highest BCUT2D eigenvalue weighted by Crippen LogP contribution is 2.23. The molecule has 7 heteroatoms. The van der Waals surface area contributed by atoms with E-state index in [0.29, 0.717) is 28.6 Å².